The second kappa shape index (κ2) is 26.7. The lowest BCUT2D eigenvalue weighted by molar-refractivity contribution is -0.143. The largest absolute Gasteiger partial charge is 0.481 e. The third-order valence-electron chi connectivity index (χ3n) is 10.5. The number of amides is 6. The number of carboxylic acid groups (broad SMARTS) is 2. The Bertz CT molecular complexity index is 2100. The predicted octanol–water partition coefficient (Wildman–Crippen LogP) is -1.32. The molecule has 0 unspecified atom stereocenters. The average Bonchev–Trinajstić information content (AvgIpc) is 3.86. The summed E-state index contributed by atoms with van der Waals surface area (Å²) in [7, 11) is 0. The van der Waals surface area contributed by atoms with Crippen molar-refractivity contribution in [3.8, 4) is 0 Å². The molecule has 4 rings (SSSR count). The highest BCUT2D eigenvalue weighted by Crippen LogP contribution is 2.29. The van der Waals surface area contributed by atoms with Crippen LogP contribution < -0.4 is 48.7 Å². The summed E-state index contributed by atoms with van der Waals surface area (Å²) in [6.45, 7) is -0.0460. The molecule has 3 aromatic rings. The Kier molecular flexibility index (Phi) is 20.8. The summed E-state index contributed by atoms with van der Waals surface area (Å²) in [5, 5.41) is 37.1. The van der Waals surface area contributed by atoms with Crippen LogP contribution in [0.1, 0.15) is 61.1 Å². The summed E-state index contributed by atoms with van der Waals surface area (Å²) < 4.78 is 0. The number of aliphatic carboxylic acids is 2. The first-order valence-corrected chi connectivity index (χ1v) is 21.9. The van der Waals surface area contributed by atoms with Gasteiger partial charge in [0.05, 0.1) is 12.6 Å². The molecule has 1 saturated heterocycles. The number of rotatable bonds is 26. The zero-order chi connectivity index (χ0) is 48.0. The van der Waals surface area contributed by atoms with E-state index in [1.165, 1.54) is 0 Å². The first-order chi connectivity index (χ1) is 31.7. The second-order valence-corrected chi connectivity index (χ2v) is 15.8. The zero-order valence-electron chi connectivity index (χ0n) is 36.1. The minimum absolute atomic E-state index is 0.0475. The maximum absolute atomic E-state index is 14.8. The molecule has 22 heteroatoms. The van der Waals surface area contributed by atoms with Crippen molar-refractivity contribution in [2.75, 3.05) is 25.4 Å². The maximum Gasteiger partial charge on any atom is 0.326 e. The normalized spacial score (nSPS) is 15.4. The zero-order valence-corrected chi connectivity index (χ0v) is 37.0. The monoisotopic (exact) mass is 931 g/mol. The van der Waals surface area contributed by atoms with E-state index in [0.717, 1.165) is 6.42 Å². The summed E-state index contributed by atoms with van der Waals surface area (Å²) in [5.74, 6) is -8.64. The third kappa shape index (κ3) is 16.8. The molecule has 0 aliphatic carbocycles. The summed E-state index contributed by atoms with van der Waals surface area (Å²) in [5.41, 5.74) is 12.8. The van der Waals surface area contributed by atoms with Crippen LogP contribution in [0.2, 0.25) is 0 Å². The molecular formula is C44H57N11O10S. The first kappa shape index (κ1) is 51.6. The molecule has 2 aromatic carbocycles. The number of nitrogens with two attached hydrogens (primary N) is 2. The van der Waals surface area contributed by atoms with Crippen molar-refractivity contribution in [2.24, 2.45) is 16.5 Å². The van der Waals surface area contributed by atoms with E-state index >= 15 is 0 Å². The van der Waals surface area contributed by atoms with E-state index in [0.29, 0.717) is 29.7 Å². The number of nitrogens with one attached hydrogen (secondary N) is 7. The summed E-state index contributed by atoms with van der Waals surface area (Å²) in [6.07, 6.45) is 3.66. The number of hydrogen-bond donors (Lipinski definition) is 12. The van der Waals surface area contributed by atoms with Crippen molar-refractivity contribution in [3.63, 3.8) is 0 Å². The van der Waals surface area contributed by atoms with Gasteiger partial charge in [0.15, 0.2) is 5.96 Å². The van der Waals surface area contributed by atoms with Gasteiger partial charge in [0.25, 0.3) is 0 Å². The second-order valence-electron chi connectivity index (χ2n) is 15.4. The molecule has 66 heavy (non-hydrogen) atoms. The van der Waals surface area contributed by atoms with Gasteiger partial charge in [0.1, 0.15) is 30.2 Å². The number of benzene rings is 2. The Morgan fingerprint density at radius 1 is 0.758 bits per heavy atom. The molecule has 0 saturated carbocycles. The number of carbonyl (C=O) groups is 8. The van der Waals surface area contributed by atoms with Crippen LogP contribution in [0.25, 0.3) is 0 Å². The Morgan fingerprint density at radius 3 is 1.97 bits per heavy atom. The average molecular weight is 932 g/mol. The van der Waals surface area contributed by atoms with E-state index in [4.69, 9.17) is 16.6 Å². The van der Waals surface area contributed by atoms with Gasteiger partial charge >= 0.3 is 11.9 Å². The fourth-order valence-corrected chi connectivity index (χ4v) is 7.42. The van der Waals surface area contributed by atoms with Gasteiger partial charge in [0.2, 0.25) is 35.4 Å². The Morgan fingerprint density at radius 2 is 1.41 bits per heavy atom. The molecule has 21 nitrogen and oxygen atoms in total. The van der Waals surface area contributed by atoms with Gasteiger partial charge in [-0.3, -0.25) is 43.5 Å². The van der Waals surface area contributed by atoms with Crippen LogP contribution in [0, 0.1) is 0 Å². The Hall–Kier alpha value is -7.07. The number of aromatic nitrogens is 1. The lowest BCUT2D eigenvalue weighted by Crippen LogP contribution is -2.60. The van der Waals surface area contributed by atoms with Crippen LogP contribution in [0.5, 0.6) is 0 Å². The van der Waals surface area contributed by atoms with Crippen molar-refractivity contribution in [1.29, 1.82) is 0 Å². The molecule has 13 N–H and O–H groups in total. The lowest BCUT2D eigenvalue weighted by atomic mass is 9.84. The van der Waals surface area contributed by atoms with Crippen molar-refractivity contribution in [2.45, 2.75) is 87.1 Å². The van der Waals surface area contributed by atoms with E-state index in [-0.39, 0.29) is 43.4 Å². The van der Waals surface area contributed by atoms with Gasteiger partial charge in [-0.1, -0.05) is 66.7 Å². The fourth-order valence-electron chi connectivity index (χ4n) is 7.16. The van der Waals surface area contributed by atoms with Crippen molar-refractivity contribution < 1.29 is 48.6 Å². The molecule has 1 aliphatic rings. The minimum atomic E-state index is -1.55. The maximum atomic E-state index is 14.8. The molecule has 1 aliphatic heterocycles. The number of guanidine groups is 1. The molecule has 1 fully saturated rings. The number of pyridine rings is 1. The molecular weight excluding hydrogens is 875 g/mol. The summed E-state index contributed by atoms with van der Waals surface area (Å²) in [6, 6.07) is 13.6. The topological polar surface area (TPSA) is 339 Å². The van der Waals surface area contributed by atoms with Crippen LogP contribution in [0.4, 0.5) is 0 Å². The molecule has 0 spiro atoms. The number of carboxylic acids is 2. The molecule has 2 heterocycles. The van der Waals surface area contributed by atoms with Gasteiger partial charge in [-0.05, 0) is 61.4 Å². The molecule has 354 valence electrons. The van der Waals surface area contributed by atoms with E-state index in [1.54, 1.807) is 85.2 Å². The van der Waals surface area contributed by atoms with Crippen LogP contribution in [-0.2, 0) is 44.8 Å². The predicted molar refractivity (Wildman–Crippen MR) is 245 cm³/mol. The number of hydrogen-bond acceptors (Lipinski definition) is 12. The van der Waals surface area contributed by atoms with E-state index in [9.17, 15) is 43.5 Å². The lowest BCUT2D eigenvalue weighted by Gasteiger charge is -2.31. The SMILES string of the molecule is NC(N)=NCCC[C@H](NC(=O)[C@@H](NC(=O)[C@@H](CS)NC(=O)[C@@H](Cc1cccnc1)NC(=O)[C@@H]1CCCN1)C(c1ccccc1)c1ccccc1)C(=O)NCC(=O)N[C@@H](CCC(=O)O)C(=O)O. The van der Waals surface area contributed by atoms with E-state index < -0.39 is 103 Å². The number of carbonyl (C=O) groups excluding carboxylic acids is 6. The van der Waals surface area contributed by atoms with Crippen molar-refractivity contribution >= 4 is 66.0 Å². The van der Waals surface area contributed by atoms with Crippen molar-refractivity contribution in [1.82, 2.24) is 42.2 Å². The summed E-state index contributed by atoms with van der Waals surface area (Å²) in [4.78, 5) is 114. The number of aliphatic imine (C=N–C) groups is 1. The first-order valence-electron chi connectivity index (χ1n) is 21.3. The van der Waals surface area contributed by atoms with Gasteiger partial charge in [0, 0.05) is 43.5 Å². The fraction of sp³-hybridized carbons (Fsp3) is 0.409. The molecule has 1 aromatic heterocycles. The van der Waals surface area contributed by atoms with Crippen LogP contribution in [0.3, 0.4) is 0 Å². The smallest absolute Gasteiger partial charge is 0.326 e. The Balaban J connectivity index is 1.63. The minimum Gasteiger partial charge on any atom is -0.481 e. The Labute approximate surface area is 386 Å². The van der Waals surface area contributed by atoms with Gasteiger partial charge in [-0.25, -0.2) is 4.79 Å². The van der Waals surface area contributed by atoms with Crippen LogP contribution in [0.15, 0.2) is 90.2 Å². The van der Waals surface area contributed by atoms with E-state index in [2.05, 4.69) is 59.8 Å². The number of nitrogens with zero attached hydrogens (tertiary/aromatic N) is 2. The quantitative estimate of drug-likeness (QED) is 0.0192. The number of thiol groups is 1. The van der Waals surface area contributed by atoms with Gasteiger partial charge in [-0.15, -0.1) is 0 Å². The highest BCUT2D eigenvalue weighted by Gasteiger charge is 2.37. The molecule has 6 amide bonds. The van der Waals surface area contributed by atoms with Crippen LogP contribution >= 0.6 is 12.6 Å². The molecule has 6 atom stereocenters. The summed E-state index contributed by atoms with van der Waals surface area (Å²) >= 11 is 4.38. The standard InChI is InChI=1S/C44H57N11O10S/c45-44(46)49-21-9-16-30(38(59)50-24-34(56)51-31(43(64)65)17-18-35(57)58)52-42(63)37(36(27-11-3-1-4-12-27)28-13-5-2-6-14-28)55-41(62)33(25-66)54-40(61)32(22-26-10-7-19-47-23-26)53-39(60)29-15-8-20-48-29/h1-7,10-14,19,23,29-33,36-37,48,66H,8-9,15-18,20-22,24-25H2,(H,50,59)(H,51,56)(H,52,63)(H,53,60)(H,54,61)(H,55,62)(H,57,58)(H,64,65)(H4,45,46,49)/t29-,30-,31-,32+,33+,37-/m0/s1. The highest BCUT2D eigenvalue weighted by atomic mass is 32.1. The van der Waals surface area contributed by atoms with Crippen LogP contribution in [-0.4, -0.2) is 130 Å². The van der Waals surface area contributed by atoms with E-state index in [1.807, 2.05) is 0 Å². The third-order valence-corrected chi connectivity index (χ3v) is 10.9. The van der Waals surface area contributed by atoms with Crippen molar-refractivity contribution in [3.05, 3.63) is 102 Å². The molecule has 0 bridgehead atoms. The van der Waals surface area contributed by atoms with Gasteiger partial charge in [-0.2, -0.15) is 12.6 Å². The van der Waals surface area contributed by atoms with Gasteiger partial charge < -0.3 is 58.9 Å². The highest BCUT2D eigenvalue weighted by molar-refractivity contribution is 7.80. The molecule has 0 radical (unpaired) electrons.